The maximum absolute atomic E-state index is 12.8. The zero-order valence-electron chi connectivity index (χ0n) is 17.1. The van der Waals surface area contributed by atoms with Gasteiger partial charge in [0.05, 0.1) is 11.1 Å². The second-order valence-electron chi connectivity index (χ2n) is 7.49. The first-order valence-electron chi connectivity index (χ1n) is 9.90. The highest BCUT2D eigenvalue weighted by Gasteiger charge is 2.30. The molecule has 0 aliphatic carbocycles. The lowest BCUT2D eigenvalue weighted by Gasteiger charge is -2.12. The standard InChI is InChI=1S/C23H21F3N4O/c1-14-18(15(2)30-22(28-14)19-8-3-4-9-20(19)29-30)10-11-21(31)27-13-16-6-5-7-17(12-16)23(24,25)26/h3-9,12H,10-11,13H2,1-2H3,(H,27,31). The van der Waals surface area contributed by atoms with Crippen molar-refractivity contribution in [3.05, 3.63) is 76.6 Å². The van der Waals surface area contributed by atoms with E-state index in [2.05, 4.69) is 10.4 Å². The monoisotopic (exact) mass is 426 g/mol. The number of amides is 1. The summed E-state index contributed by atoms with van der Waals surface area (Å²) in [5.74, 6) is -0.234. The molecule has 31 heavy (non-hydrogen) atoms. The summed E-state index contributed by atoms with van der Waals surface area (Å²) in [6, 6.07) is 12.7. The number of aryl methyl sites for hydroxylation is 2. The van der Waals surface area contributed by atoms with Crippen LogP contribution in [0.15, 0.2) is 48.5 Å². The summed E-state index contributed by atoms with van der Waals surface area (Å²) in [5, 5.41) is 8.28. The fourth-order valence-corrected chi connectivity index (χ4v) is 3.72. The van der Waals surface area contributed by atoms with E-state index in [1.165, 1.54) is 6.07 Å². The maximum Gasteiger partial charge on any atom is 0.416 e. The normalized spacial score (nSPS) is 11.9. The van der Waals surface area contributed by atoms with Crippen molar-refractivity contribution in [2.75, 3.05) is 0 Å². The lowest BCUT2D eigenvalue weighted by molar-refractivity contribution is -0.137. The van der Waals surface area contributed by atoms with Gasteiger partial charge in [0.25, 0.3) is 0 Å². The lowest BCUT2D eigenvalue weighted by Crippen LogP contribution is -2.23. The number of fused-ring (bicyclic) bond motifs is 3. The van der Waals surface area contributed by atoms with E-state index in [-0.39, 0.29) is 18.9 Å². The molecule has 2 heterocycles. The van der Waals surface area contributed by atoms with Gasteiger partial charge < -0.3 is 5.32 Å². The van der Waals surface area contributed by atoms with E-state index >= 15 is 0 Å². The van der Waals surface area contributed by atoms with Gasteiger partial charge in [-0.2, -0.15) is 18.3 Å². The largest absolute Gasteiger partial charge is 0.416 e. The number of nitrogens with one attached hydrogen (secondary N) is 1. The minimum absolute atomic E-state index is 0.0442. The summed E-state index contributed by atoms with van der Waals surface area (Å²) in [6.07, 6.45) is -3.74. The van der Waals surface area contributed by atoms with E-state index in [4.69, 9.17) is 4.98 Å². The zero-order chi connectivity index (χ0) is 22.2. The molecule has 0 aliphatic heterocycles. The quantitative estimate of drug-likeness (QED) is 0.500. The Bertz CT molecular complexity index is 1280. The number of carbonyl (C=O) groups is 1. The molecule has 2 aromatic carbocycles. The first-order chi connectivity index (χ1) is 14.7. The molecule has 0 saturated carbocycles. The molecule has 2 aromatic heterocycles. The maximum atomic E-state index is 12.8. The van der Waals surface area contributed by atoms with Gasteiger partial charge in [-0.25, -0.2) is 9.50 Å². The fourth-order valence-electron chi connectivity index (χ4n) is 3.72. The van der Waals surface area contributed by atoms with Gasteiger partial charge in [0.1, 0.15) is 0 Å². The average molecular weight is 426 g/mol. The molecule has 5 nitrogen and oxygen atoms in total. The summed E-state index contributed by atoms with van der Waals surface area (Å²) >= 11 is 0. The Morgan fingerprint density at radius 2 is 1.87 bits per heavy atom. The third-order valence-electron chi connectivity index (χ3n) is 5.36. The number of hydrogen-bond acceptors (Lipinski definition) is 3. The molecule has 0 unspecified atom stereocenters. The van der Waals surface area contributed by atoms with Gasteiger partial charge >= 0.3 is 6.18 Å². The van der Waals surface area contributed by atoms with Gasteiger partial charge in [0.2, 0.25) is 5.91 Å². The smallest absolute Gasteiger partial charge is 0.352 e. The van der Waals surface area contributed by atoms with Crippen LogP contribution >= 0.6 is 0 Å². The van der Waals surface area contributed by atoms with Crippen molar-refractivity contribution in [2.24, 2.45) is 0 Å². The van der Waals surface area contributed by atoms with E-state index < -0.39 is 11.7 Å². The Labute approximate surface area is 176 Å². The first-order valence-corrected chi connectivity index (χ1v) is 9.90. The molecule has 0 radical (unpaired) electrons. The van der Waals surface area contributed by atoms with Crippen LogP contribution in [0.4, 0.5) is 13.2 Å². The SMILES string of the molecule is Cc1nc2c3ccccc3nn2c(C)c1CCC(=O)NCc1cccc(C(F)(F)F)c1. The number of rotatable bonds is 5. The predicted octanol–water partition coefficient (Wildman–Crippen LogP) is 4.77. The van der Waals surface area contributed by atoms with Gasteiger partial charge in [0, 0.05) is 29.7 Å². The molecule has 0 spiro atoms. The van der Waals surface area contributed by atoms with Crippen LogP contribution in [0.3, 0.4) is 0 Å². The highest BCUT2D eigenvalue weighted by molar-refractivity contribution is 5.92. The second-order valence-corrected chi connectivity index (χ2v) is 7.49. The third-order valence-corrected chi connectivity index (χ3v) is 5.36. The average Bonchev–Trinajstić information content (AvgIpc) is 3.10. The van der Waals surface area contributed by atoms with E-state index in [0.29, 0.717) is 12.0 Å². The van der Waals surface area contributed by atoms with Crippen molar-refractivity contribution in [3.8, 4) is 0 Å². The molecule has 160 valence electrons. The minimum atomic E-state index is -4.40. The van der Waals surface area contributed by atoms with Crippen molar-refractivity contribution < 1.29 is 18.0 Å². The van der Waals surface area contributed by atoms with Crippen LogP contribution in [0.5, 0.6) is 0 Å². The predicted molar refractivity (Wildman–Crippen MR) is 112 cm³/mol. The minimum Gasteiger partial charge on any atom is -0.352 e. The van der Waals surface area contributed by atoms with Gasteiger partial charge in [-0.15, -0.1) is 0 Å². The van der Waals surface area contributed by atoms with Crippen molar-refractivity contribution >= 4 is 22.5 Å². The molecule has 0 fully saturated rings. The molecule has 4 aromatic rings. The summed E-state index contributed by atoms with van der Waals surface area (Å²) in [6.45, 7) is 3.90. The van der Waals surface area contributed by atoms with Crippen LogP contribution in [0.25, 0.3) is 16.6 Å². The number of alkyl halides is 3. The highest BCUT2D eigenvalue weighted by atomic mass is 19.4. The Balaban J connectivity index is 1.45. The summed E-state index contributed by atoms with van der Waals surface area (Å²) in [4.78, 5) is 17.0. The Kier molecular flexibility index (Phi) is 5.39. The molecule has 0 aliphatic rings. The second kappa shape index (κ2) is 8.02. The number of hydrogen-bond donors (Lipinski definition) is 1. The number of aromatic nitrogens is 3. The molecular formula is C23H21F3N4O. The van der Waals surface area contributed by atoms with E-state index in [9.17, 15) is 18.0 Å². The Morgan fingerprint density at radius 3 is 2.65 bits per heavy atom. The van der Waals surface area contributed by atoms with Gasteiger partial charge in [0.15, 0.2) is 5.65 Å². The van der Waals surface area contributed by atoms with Crippen LogP contribution in [-0.4, -0.2) is 20.5 Å². The van der Waals surface area contributed by atoms with Crippen molar-refractivity contribution in [3.63, 3.8) is 0 Å². The van der Waals surface area contributed by atoms with Crippen molar-refractivity contribution in [1.29, 1.82) is 0 Å². The number of carbonyl (C=O) groups excluding carboxylic acids is 1. The zero-order valence-corrected chi connectivity index (χ0v) is 17.1. The van der Waals surface area contributed by atoms with Crippen LogP contribution in [0, 0.1) is 13.8 Å². The number of benzene rings is 2. The van der Waals surface area contributed by atoms with Crippen molar-refractivity contribution in [1.82, 2.24) is 19.9 Å². The van der Waals surface area contributed by atoms with Crippen LogP contribution in [0.2, 0.25) is 0 Å². The summed E-state index contributed by atoms with van der Waals surface area (Å²) < 4.78 is 40.3. The van der Waals surface area contributed by atoms with Gasteiger partial charge in [-0.05, 0) is 55.7 Å². The molecule has 1 N–H and O–H groups in total. The van der Waals surface area contributed by atoms with E-state index in [0.717, 1.165) is 45.6 Å². The van der Waals surface area contributed by atoms with Crippen LogP contribution in [-0.2, 0) is 23.9 Å². The third kappa shape index (κ3) is 4.23. The molecule has 1 amide bonds. The highest BCUT2D eigenvalue weighted by Crippen LogP contribution is 2.29. The fraction of sp³-hybridized carbons (Fsp3) is 0.261. The molecule has 4 rings (SSSR count). The van der Waals surface area contributed by atoms with Crippen LogP contribution in [0.1, 0.15) is 34.5 Å². The Morgan fingerprint density at radius 1 is 1.10 bits per heavy atom. The van der Waals surface area contributed by atoms with Crippen LogP contribution < -0.4 is 5.32 Å². The van der Waals surface area contributed by atoms with E-state index in [1.54, 1.807) is 10.6 Å². The Hall–Kier alpha value is -3.42. The summed E-state index contributed by atoms with van der Waals surface area (Å²) in [5.41, 5.74) is 4.01. The topological polar surface area (TPSA) is 59.3 Å². The molecule has 8 heteroatoms. The van der Waals surface area contributed by atoms with Gasteiger partial charge in [-0.1, -0.05) is 24.3 Å². The van der Waals surface area contributed by atoms with Gasteiger partial charge in [-0.3, -0.25) is 4.79 Å². The van der Waals surface area contributed by atoms with E-state index in [1.807, 2.05) is 38.1 Å². The molecular weight excluding hydrogens is 405 g/mol. The molecule has 0 bridgehead atoms. The molecule has 0 saturated heterocycles. The number of nitrogens with zero attached hydrogens (tertiary/aromatic N) is 3. The van der Waals surface area contributed by atoms with Crippen molar-refractivity contribution in [2.45, 2.75) is 39.4 Å². The molecule has 0 atom stereocenters. The first kappa shape index (κ1) is 20.8. The lowest BCUT2D eigenvalue weighted by atomic mass is 10.1. The summed E-state index contributed by atoms with van der Waals surface area (Å²) in [7, 11) is 0. The number of halogens is 3.